The fraction of sp³-hybridized carbons (Fsp3) is 0.222. The molecule has 1 atom stereocenters. The lowest BCUT2D eigenvalue weighted by molar-refractivity contribution is 0.176. The highest BCUT2D eigenvalue weighted by Crippen LogP contribution is 2.37. The number of hydrogen-bond acceptors (Lipinski definition) is 5. The van der Waals surface area contributed by atoms with Gasteiger partial charge in [-0.1, -0.05) is 0 Å². The summed E-state index contributed by atoms with van der Waals surface area (Å²) in [5.74, 6) is -0.828. The predicted octanol–water partition coefficient (Wildman–Crippen LogP) is 0.584. The summed E-state index contributed by atoms with van der Waals surface area (Å²) in [6.07, 6.45) is -0.605. The van der Waals surface area contributed by atoms with E-state index in [2.05, 4.69) is 10.1 Å². The van der Waals surface area contributed by atoms with Crippen LogP contribution >= 0.6 is 0 Å². The van der Waals surface area contributed by atoms with Gasteiger partial charge in [-0.05, 0) is 0 Å². The van der Waals surface area contributed by atoms with Gasteiger partial charge in [-0.3, -0.25) is 0 Å². The van der Waals surface area contributed by atoms with Gasteiger partial charge in [0.15, 0.2) is 0 Å². The van der Waals surface area contributed by atoms with Crippen LogP contribution in [-0.4, -0.2) is 28.0 Å². The van der Waals surface area contributed by atoms with E-state index in [0.717, 1.165) is 12.1 Å². The molecule has 0 aliphatic carbocycles. The summed E-state index contributed by atoms with van der Waals surface area (Å²) in [7, 11) is 0. The Bertz CT molecular complexity index is 394. The summed E-state index contributed by atoms with van der Waals surface area (Å²) >= 11 is 0. The number of aromatic hydroxyl groups is 3. The Morgan fingerprint density at radius 2 is 1.87 bits per heavy atom. The van der Waals surface area contributed by atoms with Crippen LogP contribution < -0.4 is 5.32 Å². The van der Waals surface area contributed by atoms with Crippen molar-refractivity contribution in [3.8, 4) is 17.2 Å². The van der Waals surface area contributed by atoms with Gasteiger partial charge >= 0.3 is 6.09 Å². The quantitative estimate of drug-likeness (QED) is 0.544. The molecule has 0 bridgehead atoms. The zero-order chi connectivity index (χ0) is 11.0. The highest BCUT2D eigenvalue weighted by molar-refractivity contribution is 5.71. The maximum atomic E-state index is 10.8. The number of cyclic esters (lactones) is 1. The summed E-state index contributed by atoms with van der Waals surface area (Å²) in [5.41, 5.74) is 0.138. The minimum atomic E-state index is -0.605. The number of phenols is 3. The Kier molecular flexibility index (Phi) is 2.03. The van der Waals surface area contributed by atoms with Crippen LogP contribution in [0.4, 0.5) is 4.79 Å². The molecule has 80 valence electrons. The number of rotatable bonds is 1. The molecular weight excluding hydrogens is 202 g/mol. The van der Waals surface area contributed by atoms with E-state index in [1.807, 2.05) is 0 Å². The number of amides is 1. The standard InChI is InChI=1S/C9H9NO5/c11-4-1-6(12)8(7(13)2-4)5-3-15-9(14)10-5/h1-2,5,11-13H,3H2,(H,10,14)/t5-/m1/s1. The molecule has 1 aromatic rings. The third-order valence-corrected chi connectivity index (χ3v) is 2.14. The predicted molar refractivity (Wildman–Crippen MR) is 48.7 cm³/mol. The van der Waals surface area contributed by atoms with E-state index in [0.29, 0.717) is 0 Å². The van der Waals surface area contributed by atoms with E-state index in [1.165, 1.54) is 0 Å². The van der Waals surface area contributed by atoms with E-state index < -0.39 is 12.1 Å². The van der Waals surface area contributed by atoms with Gasteiger partial charge < -0.3 is 25.4 Å². The topological polar surface area (TPSA) is 99.0 Å². The molecule has 15 heavy (non-hydrogen) atoms. The van der Waals surface area contributed by atoms with Crippen molar-refractivity contribution in [2.45, 2.75) is 6.04 Å². The van der Waals surface area contributed by atoms with Crippen LogP contribution in [0.15, 0.2) is 12.1 Å². The maximum absolute atomic E-state index is 10.8. The minimum absolute atomic E-state index is 0.0325. The molecule has 0 aromatic heterocycles. The molecule has 1 amide bonds. The SMILES string of the molecule is O=C1N[C@@H](c2c(O)cc(O)cc2O)CO1. The number of alkyl carbamates (subject to hydrolysis) is 1. The molecule has 1 aromatic carbocycles. The Labute approximate surface area is 84.7 Å². The van der Waals surface area contributed by atoms with Crippen molar-refractivity contribution >= 4 is 6.09 Å². The monoisotopic (exact) mass is 211 g/mol. The zero-order valence-corrected chi connectivity index (χ0v) is 7.60. The van der Waals surface area contributed by atoms with Gasteiger partial charge in [-0.25, -0.2) is 4.79 Å². The largest absolute Gasteiger partial charge is 0.508 e. The van der Waals surface area contributed by atoms with Crippen LogP contribution in [0.25, 0.3) is 0 Å². The molecule has 4 N–H and O–H groups in total. The Morgan fingerprint density at radius 1 is 1.27 bits per heavy atom. The first-order valence-corrected chi connectivity index (χ1v) is 4.26. The van der Waals surface area contributed by atoms with Crippen molar-refractivity contribution in [2.24, 2.45) is 0 Å². The first-order chi connectivity index (χ1) is 7.08. The summed E-state index contributed by atoms with van der Waals surface area (Å²) in [5, 5.41) is 30.5. The van der Waals surface area contributed by atoms with Crippen molar-refractivity contribution in [1.29, 1.82) is 0 Å². The summed E-state index contributed by atoms with van der Waals surface area (Å²) < 4.78 is 4.63. The molecule has 1 aliphatic rings. The van der Waals surface area contributed by atoms with Crippen LogP contribution in [0.1, 0.15) is 11.6 Å². The summed E-state index contributed by atoms with van der Waals surface area (Å²) in [4.78, 5) is 10.8. The molecule has 0 spiro atoms. The molecular formula is C9H9NO5. The first-order valence-electron chi connectivity index (χ1n) is 4.26. The number of carbonyl (C=O) groups is 1. The number of ether oxygens (including phenoxy) is 1. The van der Waals surface area contributed by atoms with Crippen molar-refractivity contribution < 1.29 is 24.9 Å². The van der Waals surface area contributed by atoms with E-state index in [4.69, 9.17) is 5.11 Å². The second-order valence-corrected chi connectivity index (χ2v) is 3.19. The van der Waals surface area contributed by atoms with E-state index in [1.54, 1.807) is 0 Å². The number of hydrogen-bond donors (Lipinski definition) is 4. The minimum Gasteiger partial charge on any atom is -0.508 e. The van der Waals surface area contributed by atoms with Crippen LogP contribution in [0.2, 0.25) is 0 Å². The average molecular weight is 211 g/mol. The van der Waals surface area contributed by atoms with Crippen LogP contribution in [0.3, 0.4) is 0 Å². The van der Waals surface area contributed by atoms with Crippen LogP contribution in [0.5, 0.6) is 17.2 Å². The number of carbonyl (C=O) groups excluding carboxylic acids is 1. The van der Waals surface area contributed by atoms with Crippen LogP contribution in [0, 0.1) is 0 Å². The normalized spacial score (nSPS) is 19.7. The molecule has 0 saturated carbocycles. The Balaban J connectivity index is 2.39. The van der Waals surface area contributed by atoms with Crippen molar-refractivity contribution in [3.63, 3.8) is 0 Å². The third kappa shape index (κ3) is 1.61. The van der Waals surface area contributed by atoms with Gasteiger partial charge in [0.05, 0.1) is 11.6 Å². The number of benzene rings is 1. The van der Waals surface area contributed by atoms with Gasteiger partial charge in [0.1, 0.15) is 23.9 Å². The maximum Gasteiger partial charge on any atom is 0.407 e. The van der Waals surface area contributed by atoms with Crippen molar-refractivity contribution in [2.75, 3.05) is 6.61 Å². The van der Waals surface area contributed by atoms with Gasteiger partial charge in [-0.2, -0.15) is 0 Å². The zero-order valence-electron chi connectivity index (χ0n) is 7.60. The molecule has 6 heteroatoms. The average Bonchev–Trinajstić information content (AvgIpc) is 2.49. The fourth-order valence-electron chi connectivity index (χ4n) is 1.51. The Hall–Kier alpha value is -2.11. The molecule has 6 nitrogen and oxygen atoms in total. The lowest BCUT2D eigenvalue weighted by Crippen LogP contribution is -2.18. The lowest BCUT2D eigenvalue weighted by atomic mass is 10.1. The summed E-state index contributed by atoms with van der Waals surface area (Å²) in [6.45, 7) is 0.0325. The molecule has 2 rings (SSSR count). The smallest absolute Gasteiger partial charge is 0.407 e. The van der Waals surface area contributed by atoms with Crippen molar-refractivity contribution in [3.05, 3.63) is 17.7 Å². The Morgan fingerprint density at radius 3 is 2.33 bits per heavy atom. The van der Waals surface area contributed by atoms with E-state index >= 15 is 0 Å². The van der Waals surface area contributed by atoms with Gasteiger partial charge in [-0.15, -0.1) is 0 Å². The molecule has 1 heterocycles. The third-order valence-electron chi connectivity index (χ3n) is 2.14. The highest BCUT2D eigenvalue weighted by Gasteiger charge is 2.28. The second-order valence-electron chi connectivity index (χ2n) is 3.19. The van der Waals surface area contributed by atoms with Gasteiger partial charge in [0.2, 0.25) is 0 Å². The number of phenolic OH excluding ortho intramolecular Hbond substituents is 3. The van der Waals surface area contributed by atoms with Gasteiger partial charge in [0, 0.05) is 12.1 Å². The van der Waals surface area contributed by atoms with E-state index in [9.17, 15) is 15.0 Å². The fourth-order valence-corrected chi connectivity index (χ4v) is 1.51. The second kappa shape index (κ2) is 3.23. The van der Waals surface area contributed by atoms with Crippen LogP contribution in [-0.2, 0) is 4.74 Å². The number of nitrogens with one attached hydrogen (secondary N) is 1. The van der Waals surface area contributed by atoms with Gasteiger partial charge in [0.25, 0.3) is 0 Å². The van der Waals surface area contributed by atoms with E-state index in [-0.39, 0.29) is 29.4 Å². The van der Waals surface area contributed by atoms with Crippen molar-refractivity contribution in [1.82, 2.24) is 5.32 Å². The first kappa shape index (κ1) is 9.45. The molecule has 1 fully saturated rings. The molecule has 0 unspecified atom stereocenters. The molecule has 1 aliphatic heterocycles. The molecule has 1 saturated heterocycles. The highest BCUT2D eigenvalue weighted by atomic mass is 16.6. The molecule has 0 radical (unpaired) electrons. The summed E-state index contributed by atoms with van der Waals surface area (Å²) in [6, 6.07) is 1.57. The lowest BCUT2D eigenvalue weighted by Gasteiger charge is -2.12.